The minimum absolute atomic E-state index is 0.0498. The Morgan fingerprint density at radius 1 is 1.05 bits per heavy atom. The Balaban J connectivity index is 4.44. The smallest absolute Gasteiger partial charge is 0.333 e. The maximum Gasteiger partial charge on any atom is 0.333 e. The molecule has 0 atom stereocenters. The van der Waals surface area contributed by atoms with Gasteiger partial charge >= 0.3 is 5.97 Å². The molecule has 3 nitrogen and oxygen atoms in total. The van der Waals surface area contributed by atoms with Crippen LogP contribution in [0, 0.1) is 0 Å². The average molecular weight is 322 g/mol. The Hall–Kier alpha value is -1.25. The first kappa shape index (κ1) is 19.8. The van der Waals surface area contributed by atoms with Gasteiger partial charge in [0.25, 0.3) is 17.8 Å². The summed E-state index contributed by atoms with van der Waals surface area (Å²) in [5, 5.41) is 8.17. The van der Waals surface area contributed by atoms with E-state index < -0.39 is 56.2 Å². The topological polar surface area (TPSA) is 46.5 Å². The van der Waals surface area contributed by atoms with Crippen molar-refractivity contribution in [3.8, 4) is 0 Å². The molecule has 0 saturated carbocycles. The molecule has 1 N–H and O–H groups in total. The molecule has 124 valence electrons. The second kappa shape index (κ2) is 7.15. The Morgan fingerprint density at radius 3 is 1.95 bits per heavy atom. The number of aliphatic hydroxyl groups excluding tert-OH is 1. The number of hydrogen-bond donors (Lipinski definition) is 1. The molecule has 0 heterocycles. The third-order valence-electron chi connectivity index (χ3n) is 2.32. The number of esters is 1. The molecule has 0 rings (SSSR count). The molecule has 0 radical (unpaired) electrons. The van der Waals surface area contributed by atoms with Gasteiger partial charge in [-0.2, -0.15) is 0 Å². The minimum atomic E-state index is -4.37. The molecule has 0 fully saturated rings. The quantitative estimate of drug-likeness (QED) is 0.403. The highest BCUT2D eigenvalue weighted by atomic mass is 19.3. The van der Waals surface area contributed by atoms with Crippen LogP contribution in [0.4, 0.5) is 26.3 Å². The SMILES string of the molecule is C=C(C)C(=O)OCCC(F)(F)CC(F)(F)CC(F)(F)CO. The van der Waals surface area contributed by atoms with Crippen LogP contribution in [-0.4, -0.2) is 42.1 Å². The van der Waals surface area contributed by atoms with E-state index in [1.165, 1.54) is 6.92 Å². The van der Waals surface area contributed by atoms with Crippen LogP contribution < -0.4 is 0 Å². The van der Waals surface area contributed by atoms with Crippen LogP contribution in [0.1, 0.15) is 26.2 Å². The lowest BCUT2D eigenvalue weighted by molar-refractivity contribution is -0.171. The van der Waals surface area contributed by atoms with Gasteiger partial charge in [0.2, 0.25) is 0 Å². The van der Waals surface area contributed by atoms with Crippen LogP contribution in [0.15, 0.2) is 12.2 Å². The van der Waals surface area contributed by atoms with E-state index in [4.69, 9.17) is 5.11 Å². The van der Waals surface area contributed by atoms with Crippen molar-refractivity contribution in [2.45, 2.75) is 44.0 Å². The van der Waals surface area contributed by atoms with Gasteiger partial charge in [-0.3, -0.25) is 0 Å². The highest BCUT2D eigenvalue weighted by Crippen LogP contribution is 2.39. The van der Waals surface area contributed by atoms with Crippen molar-refractivity contribution in [3.63, 3.8) is 0 Å². The third-order valence-corrected chi connectivity index (χ3v) is 2.32. The van der Waals surface area contributed by atoms with Crippen LogP contribution in [0.25, 0.3) is 0 Å². The minimum Gasteiger partial charge on any atom is -0.462 e. The summed E-state index contributed by atoms with van der Waals surface area (Å²) in [6.45, 7) is 1.76. The average Bonchev–Trinajstić information content (AvgIpc) is 2.25. The summed E-state index contributed by atoms with van der Waals surface area (Å²) in [6.07, 6.45) is -5.54. The number of aliphatic hydroxyl groups is 1. The number of rotatable bonds is 9. The number of carbonyl (C=O) groups excluding carboxylic acids is 1. The van der Waals surface area contributed by atoms with Crippen molar-refractivity contribution in [2.75, 3.05) is 13.2 Å². The summed E-state index contributed by atoms with van der Waals surface area (Å²) in [5.74, 6) is -13.5. The predicted molar refractivity (Wildman–Crippen MR) is 61.6 cm³/mol. The zero-order valence-electron chi connectivity index (χ0n) is 11.3. The Bertz CT molecular complexity index is 381. The summed E-state index contributed by atoms with van der Waals surface area (Å²) >= 11 is 0. The molecule has 0 aromatic heterocycles. The van der Waals surface area contributed by atoms with Gasteiger partial charge in [0.05, 0.1) is 19.4 Å². The Kier molecular flexibility index (Phi) is 6.72. The van der Waals surface area contributed by atoms with Gasteiger partial charge < -0.3 is 9.84 Å². The van der Waals surface area contributed by atoms with Crippen molar-refractivity contribution < 1.29 is 41.0 Å². The second-order valence-corrected chi connectivity index (χ2v) is 4.75. The zero-order valence-corrected chi connectivity index (χ0v) is 11.3. The van der Waals surface area contributed by atoms with E-state index in [1.54, 1.807) is 0 Å². The van der Waals surface area contributed by atoms with Gasteiger partial charge in [-0.1, -0.05) is 6.58 Å². The van der Waals surface area contributed by atoms with Crippen molar-refractivity contribution in [3.05, 3.63) is 12.2 Å². The first-order valence-electron chi connectivity index (χ1n) is 5.87. The second-order valence-electron chi connectivity index (χ2n) is 4.75. The van der Waals surface area contributed by atoms with Gasteiger partial charge in [-0.15, -0.1) is 0 Å². The Labute approximate surface area is 117 Å². The molecule has 21 heavy (non-hydrogen) atoms. The summed E-state index contributed by atoms with van der Waals surface area (Å²) < 4.78 is 82.3. The molecule has 0 saturated heterocycles. The van der Waals surface area contributed by atoms with Gasteiger partial charge in [0.1, 0.15) is 6.61 Å². The molecule has 0 aliphatic rings. The van der Waals surface area contributed by atoms with E-state index in [9.17, 15) is 31.1 Å². The fourth-order valence-corrected chi connectivity index (χ4v) is 1.38. The van der Waals surface area contributed by atoms with Gasteiger partial charge in [0, 0.05) is 12.0 Å². The number of ether oxygens (including phenoxy) is 1. The first-order chi connectivity index (χ1) is 9.30. The van der Waals surface area contributed by atoms with Crippen molar-refractivity contribution >= 4 is 5.97 Å². The lowest BCUT2D eigenvalue weighted by Crippen LogP contribution is -2.37. The Morgan fingerprint density at radius 2 is 1.52 bits per heavy atom. The zero-order chi connectivity index (χ0) is 16.9. The highest BCUT2D eigenvalue weighted by Gasteiger charge is 2.49. The molecular weight excluding hydrogens is 306 g/mol. The largest absolute Gasteiger partial charge is 0.462 e. The predicted octanol–water partition coefficient (Wildman–Crippen LogP) is 3.17. The fourth-order valence-electron chi connectivity index (χ4n) is 1.38. The van der Waals surface area contributed by atoms with Crippen molar-refractivity contribution in [1.29, 1.82) is 0 Å². The molecular formula is C12H16F6O3. The van der Waals surface area contributed by atoms with E-state index in [2.05, 4.69) is 11.3 Å². The highest BCUT2D eigenvalue weighted by molar-refractivity contribution is 5.86. The lowest BCUT2D eigenvalue weighted by Gasteiger charge is -2.25. The lowest BCUT2D eigenvalue weighted by atomic mass is 10.0. The van der Waals surface area contributed by atoms with E-state index in [0.717, 1.165) is 0 Å². The molecule has 0 aliphatic carbocycles. The van der Waals surface area contributed by atoms with E-state index >= 15 is 0 Å². The van der Waals surface area contributed by atoms with Crippen molar-refractivity contribution in [1.82, 2.24) is 0 Å². The van der Waals surface area contributed by atoms with Crippen molar-refractivity contribution in [2.24, 2.45) is 0 Å². The van der Waals surface area contributed by atoms with Crippen LogP contribution in [0.5, 0.6) is 0 Å². The maximum absolute atomic E-state index is 13.2. The molecule has 0 aromatic carbocycles. The number of alkyl halides is 6. The molecule has 9 heteroatoms. The van der Waals surface area contributed by atoms with Gasteiger partial charge in [0.15, 0.2) is 0 Å². The van der Waals surface area contributed by atoms with Gasteiger partial charge in [-0.25, -0.2) is 31.1 Å². The summed E-state index contributed by atoms with van der Waals surface area (Å²) in [6, 6.07) is 0. The molecule has 0 bridgehead atoms. The number of halogens is 6. The van der Waals surface area contributed by atoms with Gasteiger partial charge in [-0.05, 0) is 6.92 Å². The monoisotopic (exact) mass is 322 g/mol. The van der Waals surface area contributed by atoms with E-state index in [-0.39, 0.29) is 5.57 Å². The van der Waals surface area contributed by atoms with Crippen LogP contribution in [-0.2, 0) is 9.53 Å². The molecule has 0 aromatic rings. The van der Waals surface area contributed by atoms with Crippen LogP contribution >= 0.6 is 0 Å². The number of carbonyl (C=O) groups is 1. The fraction of sp³-hybridized carbons (Fsp3) is 0.750. The van der Waals surface area contributed by atoms with Crippen LogP contribution in [0.3, 0.4) is 0 Å². The van der Waals surface area contributed by atoms with E-state index in [0.29, 0.717) is 0 Å². The molecule has 0 spiro atoms. The third kappa shape index (κ3) is 8.59. The summed E-state index contributed by atoms with van der Waals surface area (Å²) in [4.78, 5) is 10.9. The number of hydrogen-bond acceptors (Lipinski definition) is 3. The molecule has 0 amide bonds. The first-order valence-corrected chi connectivity index (χ1v) is 5.87. The normalized spacial score (nSPS) is 13.1. The summed E-state index contributed by atoms with van der Waals surface area (Å²) in [7, 11) is 0. The summed E-state index contributed by atoms with van der Waals surface area (Å²) in [5.41, 5.74) is -0.0498. The maximum atomic E-state index is 13.2. The standard InChI is InChI=1S/C12H16F6O3/c1-8(2)9(20)21-4-3-10(13,14)5-11(15,16)6-12(17,18)7-19/h19H,1,3-7H2,2H3. The molecule has 0 unspecified atom stereocenters. The van der Waals surface area contributed by atoms with Crippen LogP contribution in [0.2, 0.25) is 0 Å². The van der Waals surface area contributed by atoms with E-state index in [1.807, 2.05) is 0 Å². The molecule has 0 aliphatic heterocycles.